The molecule has 0 N–H and O–H groups in total. The summed E-state index contributed by atoms with van der Waals surface area (Å²) in [4.78, 5) is 12.0. The minimum Gasteiger partial charge on any atom is -0.485 e. The maximum atomic E-state index is 12.0. The molecule has 0 amide bonds. The number of halogens is 3. The van der Waals surface area contributed by atoms with E-state index in [1.807, 2.05) is 0 Å². The second kappa shape index (κ2) is 6.29. The van der Waals surface area contributed by atoms with Gasteiger partial charge in [0.05, 0.1) is 10.0 Å². The zero-order valence-electron chi connectivity index (χ0n) is 9.70. The summed E-state index contributed by atoms with van der Waals surface area (Å²) in [7, 11) is 0. The van der Waals surface area contributed by atoms with E-state index in [2.05, 4.69) is 0 Å². The Hall–Kier alpha value is -1.22. The molecule has 19 heavy (non-hydrogen) atoms. The van der Waals surface area contributed by atoms with Crippen molar-refractivity contribution < 1.29 is 9.53 Å². The van der Waals surface area contributed by atoms with Crippen LogP contribution in [-0.2, 0) is 0 Å². The Bertz CT molecular complexity index is 611. The Balaban J connectivity index is 2.08. The largest absolute Gasteiger partial charge is 0.485 e. The number of ketones is 1. The Morgan fingerprint density at radius 3 is 2.53 bits per heavy atom. The van der Waals surface area contributed by atoms with E-state index in [1.54, 1.807) is 42.5 Å². The predicted molar refractivity (Wildman–Crippen MR) is 77.7 cm³/mol. The molecule has 0 radical (unpaired) electrons. The van der Waals surface area contributed by atoms with Gasteiger partial charge in [0.15, 0.2) is 6.61 Å². The fourth-order valence-electron chi connectivity index (χ4n) is 1.50. The van der Waals surface area contributed by atoms with Crippen molar-refractivity contribution in [3.8, 4) is 5.75 Å². The van der Waals surface area contributed by atoms with Crippen molar-refractivity contribution in [1.82, 2.24) is 0 Å². The topological polar surface area (TPSA) is 26.3 Å². The molecule has 0 aliphatic heterocycles. The van der Waals surface area contributed by atoms with Crippen molar-refractivity contribution in [3.63, 3.8) is 0 Å². The maximum absolute atomic E-state index is 12.0. The highest BCUT2D eigenvalue weighted by Crippen LogP contribution is 2.26. The van der Waals surface area contributed by atoms with Crippen molar-refractivity contribution in [2.45, 2.75) is 0 Å². The first kappa shape index (κ1) is 14.2. The first-order chi connectivity index (χ1) is 9.08. The standard InChI is InChI=1S/C14H9Cl3O2/c15-9-3-1-4-10(7-9)19-8-13(18)11-5-2-6-12(16)14(11)17/h1-7H,8H2. The number of hydrogen-bond donors (Lipinski definition) is 0. The van der Waals surface area contributed by atoms with Gasteiger partial charge >= 0.3 is 0 Å². The molecule has 0 saturated carbocycles. The molecule has 0 unspecified atom stereocenters. The average molecular weight is 316 g/mol. The van der Waals surface area contributed by atoms with Crippen LogP contribution >= 0.6 is 34.8 Å². The van der Waals surface area contributed by atoms with E-state index in [1.165, 1.54) is 0 Å². The molecule has 0 aliphatic rings. The number of Topliss-reactive ketones (excluding diaryl/α,β-unsaturated/α-hetero) is 1. The predicted octanol–water partition coefficient (Wildman–Crippen LogP) is 4.91. The van der Waals surface area contributed by atoms with E-state index in [-0.39, 0.29) is 17.4 Å². The molecule has 0 aromatic heterocycles. The lowest BCUT2D eigenvalue weighted by molar-refractivity contribution is 0.0921. The Morgan fingerprint density at radius 2 is 1.79 bits per heavy atom. The minimum absolute atomic E-state index is 0.125. The molecule has 0 bridgehead atoms. The third-order valence-electron chi connectivity index (χ3n) is 2.42. The molecule has 0 fully saturated rings. The summed E-state index contributed by atoms with van der Waals surface area (Å²) in [6, 6.07) is 11.7. The zero-order valence-corrected chi connectivity index (χ0v) is 12.0. The van der Waals surface area contributed by atoms with Crippen molar-refractivity contribution in [2.24, 2.45) is 0 Å². The summed E-state index contributed by atoms with van der Waals surface area (Å²) in [5.41, 5.74) is 0.344. The fourth-order valence-corrected chi connectivity index (χ4v) is 2.09. The van der Waals surface area contributed by atoms with Gasteiger partial charge in [-0.25, -0.2) is 0 Å². The Labute approximate surface area is 125 Å². The second-order valence-corrected chi connectivity index (χ2v) is 4.99. The van der Waals surface area contributed by atoms with Crippen molar-refractivity contribution in [1.29, 1.82) is 0 Å². The van der Waals surface area contributed by atoms with Gasteiger partial charge in [0.1, 0.15) is 5.75 Å². The monoisotopic (exact) mass is 314 g/mol. The zero-order chi connectivity index (χ0) is 13.8. The number of hydrogen-bond acceptors (Lipinski definition) is 2. The maximum Gasteiger partial charge on any atom is 0.201 e. The van der Waals surface area contributed by atoms with Crippen LogP contribution in [0.25, 0.3) is 0 Å². The Kier molecular flexibility index (Phi) is 4.70. The summed E-state index contributed by atoms with van der Waals surface area (Å²) in [5, 5.41) is 1.13. The summed E-state index contributed by atoms with van der Waals surface area (Å²) in [6.07, 6.45) is 0. The minimum atomic E-state index is -0.243. The molecule has 2 nitrogen and oxygen atoms in total. The van der Waals surface area contributed by atoms with Crippen LogP contribution in [0.4, 0.5) is 0 Å². The Morgan fingerprint density at radius 1 is 1.05 bits per heavy atom. The molecule has 2 aromatic carbocycles. The SMILES string of the molecule is O=C(COc1cccc(Cl)c1)c1cccc(Cl)c1Cl. The van der Waals surface area contributed by atoms with Gasteiger partial charge in [-0.1, -0.05) is 46.9 Å². The molecule has 5 heteroatoms. The first-order valence-corrected chi connectivity index (χ1v) is 6.57. The lowest BCUT2D eigenvalue weighted by atomic mass is 10.1. The van der Waals surface area contributed by atoms with Gasteiger partial charge in [-0.3, -0.25) is 4.79 Å². The van der Waals surface area contributed by atoms with Crippen molar-refractivity contribution in [3.05, 3.63) is 63.1 Å². The van der Waals surface area contributed by atoms with Gasteiger partial charge in [-0.15, -0.1) is 0 Å². The lowest BCUT2D eigenvalue weighted by Gasteiger charge is -2.07. The molecule has 0 aliphatic carbocycles. The number of carbonyl (C=O) groups excluding carboxylic acids is 1. The van der Waals surface area contributed by atoms with Crippen molar-refractivity contribution in [2.75, 3.05) is 6.61 Å². The molecule has 0 spiro atoms. The van der Waals surface area contributed by atoms with Gasteiger partial charge in [-0.2, -0.15) is 0 Å². The molecule has 0 saturated heterocycles. The van der Waals surface area contributed by atoms with Gasteiger partial charge in [0.25, 0.3) is 0 Å². The number of rotatable bonds is 4. The van der Waals surface area contributed by atoms with E-state index in [0.29, 0.717) is 21.4 Å². The van der Waals surface area contributed by atoms with Crippen molar-refractivity contribution >= 4 is 40.6 Å². The molecular weight excluding hydrogens is 307 g/mol. The highest BCUT2D eigenvalue weighted by atomic mass is 35.5. The highest BCUT2D eigenvalue weighted by Gasteiger charge is 2.13. The van der Waals surface area contributed by atoms with Gasteiger partial charge < -0.3 is 4.74 Å². The van der Waals surface area contributed by atoms with Crippen LogP contribution in [0.3, 0.4) is 0 Å². The van der Waals surface area contributed by atoms with Crippen LogP contribution in [-0.4, -0.2) is 12.4 Å². The lowest BCUT2D eigenvalue weighted by Crippen LogP contribution is -2.12. The molecule has 0 atom stereocenters. The molecule has 98 valence electrons. The van der Waals surface area contributed by atoms with Gasteiger partial charge in [-0.05, 0) is 30.3 Å². The number of carbonyl (C=O) groups is 1. The second-order valence-electron chi connectivity index (χ2n) is 3.77. The van der Waals surface area contributed by atoms with Crippen LogP contribution in [0, 0.1) is 0 Å². The van der Waals surface area contributed by atoms with Crippen LogP contribution < -0.4 is 4.74 Å². The molecule has 0 heterocycles. The van der Waals surface area contributed by atoms with Gasteiger partial charge in [0.2, 0.25) is 5.78 Å². The van der Waals surface area contributed by atoms with E-state index in [9.17, 15) is 4.79 Å². The fraction of sp³-hybridized carbons (Fsp3) is 0.0714. The van der Waals surface area contributed by atoms with Crippen LogP contribution in [0.2, 0.25) is 15.1 Å². The van der Waals surface area contributed by atoms with Crippen LogP contribution in [0.15, 0.2) is 42.5 Å². The normalized spacial score (nSPS) is 10.3. The third-order valence-corrected chi connectivity index (χ3v) is 3.47. The number of ether oxygens (including phenoxy) is 1. The molecule has 2 rings (SSSR count). The quantitative estimate of drug-likeness (QED) is 0.749. The van der Waals surface area contributed by atoms with E-state index < -0.39 is 0 Å². The molecular formula is C14H9Cl3O2. The third kappa shape index (κ3) is 3.63. The van der Waals surface area contributed by atoms with E-state index >= 15 is 0 Å². The van der Waals surface area contributed by atoms with E-state index in [4.69, 9.17) is 39.5 Å². The van der Waals surface area contributed by atoms with Gasteiger partial charge in [0, 0.05) is 10.6 Å². The summed E-state index contributed by atoms with van der Waals surface area (Å²) < 4.78 is 5.36. The summed E-state index contributed by atoms with van der Waals surface area (Å²) >= 11 is 17.6. The molecule has 2 aromatic rings. The summed E-state index contributed by atoms with van der Waals surface area (Å²) in [5.74, 6) is 0.284. The van der Waals surface area contributed by atoms with Crippen LogP contribution in [0.1, 0.15) is 10.4 Å². The number of benzene rings is 2. The first-order valence-electron chi connectivity index (χ1n) is 5.43. The average Bonchev–Trinajstić information content (AvgIpc) is 2.39. The highest BCUT2D eigenvalue weighted by molar-refractivity contribution is 6.43. The van der Waals surface area contributed by atoms with E-state index in [0.717, 1.165) is 0 Å². The van der Waals surface area contributed by atoms with Crippen LogP contribution in [0.5, 0.6) is 5.75 Å². The smallest absolute Gasteiger partial charge is 0.201 e. The summed E-state index contributed by atoms with van der Waals surface area (Å²) in [6.45, 7) is -0.125.